The smallest absolute Gasteiger partial charge is 0.411 e. The van der Waals surface area contributed by atoms with Crippen molar-refractivity contribution in [2.75, 3.05) is 25.1 Å². The number of nitrogens with one attached hydrogen (secondary N) is 2. The molecular formula is C32H48N2O7. The molecule has 0 aliphatic carbocycles. The van der Waals surface area contributed by atoms with Crippen LogP contribution in [0.3, 0.4) is 0 Å². The highest BCUT2D eigenvalue weighted by Crippen LogP contribution is 2.21. The second-order valence-corrected chi connectivity index (χ2v) is 9.56. The SMILES string of the molecule is CC/C=C\C/C=C\C/C=C\CCCCCCCCOC(CC)C(=O)NCCOC(=O)Nc1ccc(O)c(C(=O)O)c1. The van der Waals surface area contributed by atoms with Crippen LogP contribution in [0.4, 0.5) is 10.5 Å². The Labute approximate surface area is 244 Å². The van der Waals surface area contributed by atoms with Gasteiger partial charge in [0.25, 0.3) is 0 Å². The van der Waals surface area contributed by atoms with E-state index < -0.39 is 23.9 Å². The van der Waals surface area contributed by atoms with Gasteiger partial charge in [-0.05, 0) is 63.1 Å². The summed E-state index contributed by atoms with van der Waals surface area (Å²) in [5.74, 6) is -1.98. The van der Waals surface area contributed by atoms with Crippen molar-refractivity contribution >= 4 is 23.7 Å². The topological polar surface area (TPSA) is 134 Å². The third kappa shape index (κ3) is 17.7. The van der Waals surface area contributed by atoms with Crippen LogP contribution >= 0.6 is 0 Å². The van der Waals surface area contributed by atoms with Crippen molar-refractivity contribution in [2.24, 2.45) is 0 Å². The molecule has 9 heteroatoms. The number of allylic oxidation sites excluding steroid dienone is 6. The molecule has 228 valence electrons. The van der Waals surface area contributed by atoms with Crippen LogP contribution in [-0.4, -0.2) is 54.0 Å². The van der Waals surface area contributed by atoms with Crippen LogP contribution in [0, 0.1) is 0 Å². The maximum atomic E-state index is 12.4. The first-order valence-corrected chi connectivity index (χ1v) is 14.7. The van der Waals surface area contributed by atoms with E-state index in [9.17, 15) is 19.5 Å². The summed E-state index contributed by atoms with van der Waals surface area (Å²) in [6, 6.07) is 3.64. The van der Waals surface area contributed by atoms with Crippen LogP contribution in [-0.2, 0) is 14.3 Å². The van der Waals surface area contributed by atoms with E-state index in [1.165, 1.54) is 31.4 Å². The number of carboxylic acids is 1. The molecule has 1 unspecified atom stereocenters. The van der Waals surface area contributed by atoms with Crippen molar-refractivity contribution < 1.29 is 34.1 Å². The first-order chi connectivity index (χ1) is 19.9. The van der Waals surface area contributed by atoms with Gasteiger partial charge in [-0.25, -0.2) is 9.59 Å². The predicted octanol–water partition coefficient (Wildman–Crippen LogP) is 7.14. The summed E-state index contributed by atoms with van der Waals surface area (Å²) in [6.07, 6.45) is 23.5. The van der Waals surface area contributed by atoms with E-state index in [0.29, 0.717) is 13.0 Å². The van der Waals surface area contributed by atoms with E-state index in [-0.39, 0.29) is 30.3 Å². The standard InChI is InChI=1S/C32H48N2O7/c1-3-5-6-7-8-9-10-11-12-13-14-15-16-17-18-19-23-40-29(4-2)30(36)33-22-24-41-32(39)34-26-20-21-28(35)27(25-26)31(37)38/h5-6,8-9,11-12,20-21,25,29,35H,3-4,7,10,13-19,22-24H2,1-2H3,(H,33,36)(H,34,39)(H,37,38)/b6-5-,9-8-,12-11-. The Morgan fingerprint density at radius 3 is 2.22 bits per heavy atom. The zero-order chi connectivity index (χ0) is 30.1. The van der Waals surface area contributed by atoms with Crippen molar-refractivity contribution in [2.45, 2.75) is 90.6 Å². The van der Waals surface area contributed by atoms with Crippen molar-refractivity contribution in [1.29, 1.82) is 0 Å². The Morgan fingerprint density at radius 2 is 1.54 bits per heavy atom. The number of hydrogen-bond acceptors (Lipinski definition) is 6. The average molecular weight is 573 g/mol. The maximum absolute atomic E-state index is 12.4. The van der Waals surface area contributed by atoms with Gasteiger partial charge >= 0.3 is 12.1 Å². The summed E-state index contributed by atoms with van der Waals surface area (Å²) in [4.78, 5) is 35.3. The zero-order valence-corrected chi connectivity index (χ0v) is 24.6. The van der Waals surface area contributed by atoms with Crippen molar-refractivity contribution in [1.82, 2.24) is 5.32 Å². The van der Waals surface area contributed by atoms with Crippen LogP contribution in [0.15, 0.2) is 54.7 Å². The first-order valence-electron chi connectivity index (χ1n) is 14.7. The van der Waals surface area contributed by atoms with Gasteiger partial charge in [0.1, 0.15) is 24.0 Å². The molecule has 0 fully saturated rings. The summed E-state index contributed by atoms with van der Waals surface area (Å²) in [5.41, 5.74) is -0.175. The highest BCUT2D eigenvalue weighted by molar-refractivity contribution is 5.94. The summed E-state index contributed by atoms with van der Waals surface area (Å²) in [6.45, 7) is 4.60. The van der Waals surface area contributed by atoms with Gasteiger partial charge in [-0.3, -0.25) is 10.1 Å². The number of aromatic hydroxyl groups is 1. The molecule has 41 heavy (non-hydrogen) atoms. The van der Waals surface area contributed by atoms with Crippen LogP contribution in [0.2, 0.25) is 0 Å². The number of carbonyl (C=O) groups excluding carboxylic acids is 2. The molecule has 1 aromatic rings. The Morgan fingerprint density at radius 1 is 0.878 bits per heavy atom. The first kappa shape index (κ1) is 35.4. The quantitative estimate of drug-likeness (QED) is 0.0659. The third-order valence-electron chi connectivity index (χ3n) is 6.14. The Balaban J connectivity index is 2.06. The van der Waals surface area contributed by atoms with Gasteiger partial charge in [-0.15, -0.1) is 0 Å². The second kappa shape index (κ2) is 23.1. The van der Waals surface area contributed by atoms with Gasteiger partial charge in [0.2, 0.25) is 5.91 Å². The van der Waals surface area contributed by atoms with Gasteiger partial charge in [0.05, 0.1) is 6.54 Å². The third-order valence-corrected chi connectivity index (χ3v) is 6.14. The minimum absolute atomic E-state index is 0.0678. The molecule has 0 radical (unpaired) electrons. The molecule has 0 spiro atoms. The van der Waals surface area contributed by atoms with Crippen molar-refractivity contribution in [3.63, 3.8) is 0 Å². The number of carbonyl (C=O) groups is 3. The monoisotopic (exact) mass is 572 g/mol. The van der Waals surface area contributed by atoms with E-state index in [0.717, 1.165) is 51.0 Å². The number of anilines is 1. The minimum Gasteiger partial charge on any atom is -0.507 e. The Hall–Kier alpha value is -3.59. The fourth-order valence-electron chi connectivity index (χ4n) is 3.87. The number of ether oxygens (including phenoxy) is 2. The van der Waals surface area contributed by atoms with Crippen LogP contribution in [0.5, 0.6) is 5.75 Å². The molecule has 0 aliphatic rings. The average Bonchev–Trinajstić information content (AvgIpc) is 2.95. The van der Waals surface area contributed by atoms with E-state index in [4.69, 9.17) is 14.6 Å². The lowest BCUT2D eigenvalue weighted by Gasteiger charge is -2.16. The molecule has 1 rings (SSSR count). The van der Waals surface area contributed by atoms with Gasteiger partial charge < -0.3 is 25.0 Å². The number of rotatable bonds is 22. The molecule has 0 saturated carbocycles. The fourth-order valence-corrected chi connectivity index (χ4v) is 3.87. The van der Waals surface area contributed by atoms with Crippen LogP contribution in [0.25, 0.3) is 0 Å². The summed E-state index contributed by atoms with van der Waals surface area (Å²) in [7, 11) is 0. The number of aromatic carboxylic acids is 1. The Kier molecular flexibility index (Phi) is 20.0. The van der Waals surface area contributed by atoms with E-state index in [1.807, 2.05) is 6.92 Å². The second-order valence-electron chi connectivity index (χ2n) is 9.56. The van der Waals surface area contributed by atoms with Gasteiger partial charge in [-0.2, -0.15) is 0 Å². The molecule has 2 amide bonds. The summed E-state index contributed by atoms with van der Waals surface area (Å²) in [5, 5.41) is 23.6. The molecule has 4 N–H and O–H groups in total. The predicted molar refractivity (Wildman–Crippen MR) is 162 cm³/mol. The number of unbranched alkanes of at least 4 members (excludes halogenated alkanes) is 6. The molecule has 9 nitrogen and oxygen atoms in total. The maximum Gasteiger partial charge on any atom is 0.411 e. The van der Waals surface area contributed by atoms with E-state index in [1.54, 1.807) is 0 Å². The largest absolute Gasteiger partial charge is 0.507 e. The lowest BCUT2D eigenvalue weighted by atomic mass is 10.1. The van der Waals surface area contributed by atoms with E-state index in [2.05, 4.69) is 54.0 Å². The summed E-state index contributed by atoms with van der Waals surface area (Å²) < 4.78 is 10.8. The number of hydrogen-bond donors (Lipinski definition) is 4. The molecule has 1 aromatic carbocycles. The van der Waals surface area contributed by atoms with Crippen molar-refractivity contribution in [3.05, 3.63) is 60.2 Å². The number of benzene rings is 1. The molecule has 1 atom stereocenters. The number of amides is 2. The number of phenols is 1. The molecule has 0 saturated heterocycles. The molecule has 0 bridgehead atoms. The highest BCUT2D eigenvalue weighted by atomic mass is 16.5. The van der Waals surface area contributed by atoms with E-state index >= 15 is 0 Å². The molecule has 0 heterocycles. The summed E-state index contributed by atoms with van der Waals surface area (Å²) >= 11 is 0. The fraction of sp³-hybridized carbons (Fsp3) is 0.531. The normalized spacial score (nSPS) is 12.2. The molecule has 0 aliphatic heterocycles. The molecular weight excluding hydrogens is 524 g/mol. The van der Waals surface area contributed by atoms with Gasteiger partial charge in [0.15, 0.2) is 0 Å². The number of carboxylic acid groups (broad SMARTS) is 1. The van der Waals surface area contributed by atoms with Crippen molar-refractivity contribution in [3.8, 4) is 5.75 Å². The van der Waals surface area contributed by atoms with Crippen LogP contribution in [0.1, 0.15) is 94.8 Å². The zero-order valence-electron chi connectivity index (χ0n) is 24.6. The van der Waals surface area contributed by atoms with Gasteiger partial charge in [-0.1, -0.05) is 76.0 Å². The lowest BCUT2D eigenvalue weighted by Crippen LogP contribution is -2.38. The van der Waals surface area contributed by atoms with Gasteiger partial charge in [0, 0.05) is 12.3 Å². The molecule has 0 aromatic heterocycles. The Bertz CT molecular complexity index is 988. The highest BCUT2D eigenvalue weighted by Gasteiger charge is 2.16. The minimum atomic E-state index is -1.32. The van der Waals surface area contributed by atoms with Crippen LogP contribution < -0.4 is 10.6 Å². The lowest BCUT2D eigenvalue weighted by molar-refractivity contribution is -0.133.